The van der Waals surface area contributed by atoms with E-state index < -0.39 is 9.84 Å². The Labute approximate surface area is 177 Å². The Morgan fingerprint density at radius 3 is 2.57 bits per heavy atom. The molecule has 0 aliphatic carbocycles. The molecule has 0 aliphatic rings. The van der Waals surface area contributed by atoms with Crippen LogP contribution in [0.1, 0.15) is 11.8 Å². The number of aryl methyl sites for hydroxylation is 1. The number of rotatable bonds is 5. The lowest BCUT2D eigenvalue weighted by atomic mass is 10.0. The second kappa shape index (κ2) is 7.66. The SMILES string of the molecule is CCS(=O)(=O)c1ccc(O)c(Nc2ncnc3sc(C)c(-c4ccc(F)cc4)c23)c1. The molecule has 0 amide bonds. The summed E-state index contributed by atoms with van der Waals surface area (Å²) >= 11 is 1.47. The predicted octanol–water partition coefficient (Wildman–Crippen LogP) is 5.05. The van der Waals surface area contributed by atoms with Crippen LogP contribution in [-0.4, -0.2) is 29.2 Å². The minimum absolute atomic E-state index is 0.0482. The highest BCUT2D eigenvalue weighted by Crippen LogP contribution is 2.41. The van der Waals surface area contributed by atoms with Gasteiger partial charge in [0.05, 0.1) is 21.7 Å². The highest BCUT2D eigenvalue weighted by atomic mass is 32.2. The molecule has 0 spiro atoms. The Hall–Kier alpha value is -3.04. The number of halogens is 1. The van der Waals surface area contributed by atoms with Gasteiger partial charge in [0, 0.05) is 10.4 Å². The average molecular weight is 444 g/mol. The number of hydrogen-bond donors (Lipinski definition) is 2. The lowest BCUT2D eigenvalue weighted by molar-refractivity contribution is 0.477. The Bertz CT molecular complexity index is 1350. The molecule has 2 aromatic carbocycles. The maximum Gasteiger partial charge on any atom is 0.178 e. The molecule has 0 atom stereocenters. The van der Waals surface area contributed by atoms with E-state index in [1.165, 1.54) is 48.0 Å². The zero-order valence-electron chi connectivity index (χ0n) is 16.2. The standard InChI is InChI=1S/C21H18FN3O3S2/c1-3-30(27,28)15-8-9-17(26)16(10-15)25-20-19-18(13-4-6-14(22)7-5-13)12(2)29-21(19)24-11-23-20/h4-11,26H,3H2,1-2H3,(H,23,24,25). The molecule has 0 saturated heterocycles. The molecule has 154 valence electrons. The average Bonchev–Trinajstić information content (AvgIpc) is 3.07. The first-order valence-electron chi connectivity index (χ1n) is 9.13. The first kappa shape index (κ1) is 20.2. The van der Waals surface area contributed by atoms with Crippen LogP contribution < -0.4 is 5.32 Å². The van der Waals surface area contributed by atoms with Crippen molar-refractivity contribution < 1.29 is 17.9 Å². The van der Waals surface area contributed by atoms with Crippen molar-refractivity contribution in [3.05, 3.63) is 59.5 Å². The van der Waals surface area contributed by atoms with Crippen molar-refractivity contribution >= 4 is 42.9 Å². The van der Waals surface area contributed by atoms with Crippen LogP contribution in [0.3, 0.4) is 0 Å². The zero-order chi connectivity index (χ0) is 21.5. The molecule has 2 N–H and O–H groups in total. The largest absolute Gasteiger partial charge is 0.506 e. The third-order valence-corrected chi connectivity index (χ3v) is 7.50. The van der Waals surface area contributed by atoms with Gasteiger partial charge in [-0.15, -0.1) is 11.3 Å². The van der Waals surface area contributed by atoms with E-state index in [4.69, 9.17) is 0 Å². The van der Waals surface area contributed by atoms with E-state index in [0.717, 1.165) is 26.2 Å². The molecule has 30 heavy (non-hydrogen) atoms. The van der Waals surface area contributed by atoms with E-state index in [-0.39, 0.29) is 27.9 Å². The first-order chi connectivity index (χ1) is 14.3. The van der Waals surface area contributed by atoms with Crippen molar-refractivity contribution in [2.24, 2.45) is 0 Å². The van der Waals surface area contributed by atoms with Gasteiger partial charge in [0.25, 0.3) is 0 Å². The van der Waals surface area contributed by atoms with Crippen LogP contribution in [0.4, 0.5) is 15.9 Å². The summed E-state index contributed by atoms with van der Waals surface area (Å²) in [5.74, 6) is -0.0607. The first-order valence-corrected chi connectivity index (χ1v) is 11.6. The molecular weight excluding hydrogens is 425 g/mol. The number of aromatic hydroxyl groups is 1. The van der Waals surface area contributed by atoms with Gasteiger partial charge in [-0.3, -0.25) is 0 Å². The summed E-state index contributed by atoms with van der Waals surface area (Å²) < 4.78 is 37.9. The van der Waals surface area contributed by atoms with E-state index in [0.29, 0.717) is 5.82 Å². The van der Waals surface area contributed by atoms with E-state index in [2.05, 4.69) is 15.3 Å². The molecule has 2 heterocycles. The topological polar surface area (TPSA) is 92.2 Å². The van der Waals surface area contributed by atoms with Gasteiger partial charge in [-0.1, -0.05) is 19.1 Å². The molecule has 6 nitrogen and oxygen atoms in total. The van der Waals surface area contributed by atoms with Gasteiger partial charge < -0.3 is 10.4 Å². The number of thiophene rings is 1. The van der Waals surface area contributed by atoms with Crippen LogP contribution in [-0.2, 0) is 9.84 Å². The third kappa shape index (κ3) is 3.61. The fourth-order valence-electron chi connectivity index (χ4n) is 3.21. The fourth-order valence-corrected chi connectivity index (χ4v) is 5.12. The van der Waals surface area contributed by atoms with Crippen molar-refractivity contribution in [1.29, 1.82) is 0 Å². The Morgan fingerprint density at radius 1 is 1.13 bits per heavy atom. The van der Waals surface area contributed by atoms with Crippen LogP contribution in [0.2, 0.25) is 0 Å². The highest BCUT2D eigenvalue weighted by molar-refractivity contribution is 7.91. The maximum absolute atomic E-state index is 13.4. The van der Waals surface area contributed by atoms with Crippen molar-refractivity contribution in [3.63, 3.8) is 0 Å². The molecule has 0 saturated carbocycles. The van der Waals surface area contributed by atoms with E-state index >= 15 is 0 Å². The number of fused-ring (bicyclic) bond motifs is 1. The molecular formula is C21H18FN3O3S2. The molecule has 0 aliphatic heterocycles. The predicted molar refractivity (Wildman–Crippen MR) is 117 cm³/mol. The Balaban J connectivity index is 1.87. The van der Waals surface area contributed by atoms with Crippen LogP contribution in [0.25, 0.3) is 21.3 Å². The second-order valence-corrected chi connectivity index (χ2v) is 10.1. The smallest absolute Gasteiger partial charge is 0.178 e. The van der Waals surface area contributed by atoms with E-state index in [1.807, 2.05) is 6.92 Å². The monoisotopic (exact) mass is 443 g/mol. The molecule has 4 aromatic rings. The minimum Gasteiger partial charge on any atom is -0.506 e. The summed E-state index contributed by atoms with van der Waals surface area (Å²) in [6.07, 6.45) is 1.40. The number of nitrogens with zero attached hydrogens (tertiary/aromatic N) is 2. The lowest BCUT2D eigenvalue weighted by Gasteiger charge is -2.12. The number of hydrogen-bond acceptors (Lipinski definition) is 7. The van der Waals surface area contributed by atoms with E-state index in [9.17, 15) is 17.9 Å². The van der Waals surface area contributed by atoms with Crippen LogP contribution in [0.5, 0.6) is 5.75 Å². The molecule has 0 fully saturated rings. The van der Waals surface area contributed by atoms with Crippen LogP contribution in [0, 0.1) is 12.7 Å². The van der Waals surface area contributed by atoms with Crippen molar-refractivity contribution in [2.45, 2.75) is 18.7 Å². The number of phenolic OH excluding ortho intramolecular Hbond substituents is 1. The van der Waals surface area contributed by atoms with Gasteiger partial charge in [0.1, 0.15) is 28.5 Å². The number of nitrogens with one attached hydrogen (secondary N) is 1. The van der Waals surface area contributed by atoms with Gasteiger partial charge in [0.2, 0.25) is 0 Å². The molecule has 0 unspecified atom stereocenters. The second-order valence-electron chi connectivity index (χ2n) is 6.65. The van der Waals surface area contributed by atoms with Gasteiger partial charge in [0.15, 0.2) is 9.84 Å². The Kier molecular flexibility index (Phi) is 5.17. The van der Waals surface area contributed by atoms with Crippen LogP contribution >= 0.6 is 11.3 Å². The lowest BCUT2D eigenvalue weighted by Crippen LogP contribution is -2.04. The maximum atomic E-state index is 13.4. The fraction of sp³-hybridized carbons (Fsp3) is 0.143. The highest BCUT2D eigenvalue weighted by Gasteiger charge is 2.19. The van der Waals surface area contributed by atoms with Crippen LogP contribution in [0.15, 0.2) is 53.7 Å². The van der Waals surface area contributed by atoms with E-state index in [1.54, 1.807) is 19.1 Å². The van der Waals surface area contributed by atoms with Gasteiger partial charge >= 0.3 is 0 Å². The quantitative estimate of drug-likeness (QED) is 0.420. The summed E-state index contributed by atoms with van der Waals surface area (Å²) in [6.45, 7) is 3.51. The number of aromatic nitrogens is 2. The third-order valence-electron chi connectivity index (χ3n) is 4.76. The number of sulfone groups is 1. The summed E-state index contributed by atoms with van der Waals surface area (Å²) in [4.78, 5) is 10.5. The summed E-state index contributed by atoms with van der Waals surface area (Å²) in [5, 5.41) is 14.1. The molecule has 9 heteroatoms. The molecule has 0 radical (unpaired) electrons. The number of benzene rings is 2. The van der Waals surface area contributed by atoms with Gasteiger partial charge in [-0.2, -0.15) is 0 Å². The van der Waals surface area contributed by atoms with Crippen molar-refractivity contribution in [1.82, 2.24) is 9.97 Å². The van der Waals surface area contributed by atoms with Crippen molar-refractivity contribution in [3.8, 4) is 16.9 Å². The van der Waals surface area contributed by atoms with Crippen molar-refractivity contribution in [2.75, 3.05) is 11.1 Å². The normalized spacial score (nSPS) is 11.7. The minimum atomic E-state index is -3.44. The van der Waals surface area contributed by atoms with Gasteiger partial charge in [-0.25, -0.2) is 22.8 Å². The summed E-state index contributed by atoms with van der Waals surface area (Å²) in [7, 11) is -3.44. The zero-order valence-corrected chi connectivity index (χ0v) is 17.8. The Morgan fingerprint density at radius 2 is 1.87 bits per heavy atom. The number of phenols is 1. The summed E-state index contributed by atoms with van der Waals surface area (Å²) in [6, 6.07) is 10.2. The number of anilines is 2. The molecule has 4 rings (SSSR count). The summed E-state index contributed by atoms with van der Waals surface area (Å²) in [5.41, 5.74) is 1.89. The van der Waals surface area contributed by atoms with Gasteiger partial charge in [-0.05, 0) is 42.8 Å². The molecule has 0 bridgehead atoms. The molecule has 2 aromatic heterocycles.